The molecular formula is C8H13N2O2+. The number of rotatable bonds is 3. The topological polar surface area (TPSA) is 42.4 Å². The first-order valence-corrected chi connectivity index (χ1v) is 3.67. The van der Waals surface area contributed by atoms with E-state index in [9.17, 15) is 5.21 Å². The summed E-state index contributed by atoms with van der Waals surface area (Å²) >= 11 is 0. The summed E-state index contributed by atoms with van der Waals surface area (Å²) in [6.45, 7) is 0.191. The first kappa shape index (κ1) is 8.96. The molecule has 1 N–H and O–H groups in total. The van der Waals surface area contributed by atoms with Gasteiger partial charge in [0.1, 0.15) is 14.1 Å². The van der Waals surface area contributed by atoms with Crippen LogP contribution < -0.4 is 4.74 Å². The van der Waals surface area contributed by atoms with Crippen LogP contribution in [0, 0.1) is 0 Å². The Kier molecular flexibility index (Phi) is 2.62. The van der Waals surface area contributed by atoms with Crippen LogP contribution in [-0.4, -0.2) is 35.7 Å². The normalized spacial score (nSPS) is 11.2. The van der Waals surface area contributed by atoms with Crippen molar-refractivity contribution < 1.29 is 14.6 Å². The van der Waals surface area contributed by atoms with Crippen LogP contribution in [-0.2, 0) is 0 Å². The van der Waals surface area contributed by atoms with E-state index in [1.807, 2.05) is 12.1 Å². The van der Waals surface area contributed by atoms with Gasteiger partial charge in [-0.05, 0) is 6.07 Å². The van der Waals surface area contributed by atoms with Crippen molar-refractivity contribution in [2.45, 2.75) is 0 Å². The van der Waals surface area contributed by atoms with Crippen molar-refractivity contribution in [1.29, 1.82) is 0 Å². The van der Waals surface area contributed by atoms with Gasteiger partial charge in [-0.25, -0.2) is 10.2 Å². The lowest BCUT2D eigenvalue weighted by molar-refractivity contribution is -1.08. The Labute approximate surface area is 71.6 Å². The first-order chi connectivity index (χ1) is 5.58. The van der Waals surface area contributed by atoms with Gasteiger partial charge in [-0.3, -0.25) is 0 Å². The molecule has 0 spiro atoms. The van der Waals surface area contributed by atoms with Crippen LogP contribution in [0.5, 0.6) is 5.88 Å². The Morgan fingerprint density at radius 1 is 1.50 bits per heavy atom. The van der Waals surface area contributed by atoms with Gasteiger partial charge < -0.3 is 4.74 Å². The SMILES string of the molecule is C[N+](C)(O)COc1ccccn1. The van der Waals surface area contributed by atoms with Gasteiger partial charge in [0.05, 0.1) is 0 Å². The standard InChI is InChI=1S/C8H13N2O2/c1-10(2,11)7-12-8-5-3-4-6-9-8/h3-6,11H,7H2,1-2H3/q+1. The van der Waals surface area contributed by atoms with Crippen LogP contribution in [0.15, 0.2) is 24.4 Å². The first-order valence-electron chi connectivity index (χ1n) is 3.67. The molecule has 4 nitrogen and oxygen atoms in total. The molecular weight excluding hydrogens is 156 g/mol. The third-order valence-corrected chi connectivity index (χ3v) is 1.17. The summed E-state index contributed by atoms with van der Waals surface area (Å²) in [5.74, 6) is 0.526. The maximum atomic E-state index is 9.26. The molecule has 0 radical (unpaired) electrons. The zero-order chi connectivity index (χ0) is 9.03. The second kappa shape index (κ2) is 3.51. The summed E-state index contributed by atoms with van der Waals surface area (Å²) in [7, 11) is 3.26. The lowest BCUT2D eigenvalue weighted by Gasteiger charge is -2.18. The lowest BCUT2D eigenvalue weighted by Crippen LogP contribution is -2.39. The van der Waals surface area contributed by atoms with E-state index in [0.29, 0.717) is 5.88 Å². The molecule has 0 unspecified atom stereocenters. The summed E-state index contributed by atoms with van der Waals surface area (Å²) in [4.78, 5) is 3.94. The van der Waals surface area contributed by atoms with Crippen molar-refractivity contribution in [2.75, 3.05) is 20.8 Å². The number of quaternary nitrogens is 1. The zero-order valence-corrected chi connectivity index (χ0v) is 7.27. The second-order valence-corrected chi connectivity index (χ2v) is 3.06. The maximum Gasteiger partial charge on any atom is 0.254 e. The minimum absolute atomic E-state index is 0.191. The summed E-state index contributed by atoms with van der Waals surface area (Å²) in [5.41, 5.74) is 0. The van der Waals surface area contributed by atoms with Crippen LogP contribution in [0.4, 0.5) is 0 Å². The molecule has 0 amide bonds. The van der Waals surface area contributed by atoms with Gasteiger partial charge >= 0.3 is 0 Å². The molecule has 1 aromatic rings. The number of aromatic nitrogens is 1. The van der Waals surface area contributed by atoms with E-state index < -0.39 is 0 Å². The molecule has 0 aromatic carbocycles. The highest BCUT2D eigenvalue weighted by Gasteiger charge is 2.10. The Morgan fingerprint density at radius 2 is 2.25 bits per heavy atom. The van der Waals surface area contributed by atoms with Gasteiger partial charge in [0.25, 0.3) is 6.73 Å². The van der Waals surface area contributed by atoms with E-state index in [0.717, 1.165) is 0 Å². The fourth-order valence-corrected chi connectivity index (χ4v) is 0.657. The molecule has 12 heavy (non-hydrogen) atoms. The average molecular weight is 169 g/mol. The largest absolute Gasteiger partial charge is 0.425 e. The Balaban J connectivity index is 2.44. The number of hydroxylamine groups is 3. The smallest absolute Gasteiger partial charge is 0.254 e. The molecule has 0 fully saturated rings. The van der Waals surface area contributed by atoms with Gasteiger partial charge in [0.15, 0.2) is 0 Å². The lowest BCUT2D eigenvalue weighted by atomic mass is 10.5. The van der Waals surface area contributed by atoms with Crippen molar-refractivity contribution in [3.8, 4) is 5.88 Å². The van der Waals surface area contributed by atoms with Crippen molar-refractivity contribution >= 4 is 0 Å². The molecule has 0 aliphatic heterocycles. The van der Waals surface area contributed by atoms with Crippen molar-refractivity contribution in [2.24, 2.45) is 0 Å². The second-order valence-electron chi connectivity index (χ2n) is 3.06. The highest BCUT2D eigenvalue weighted by atomic mass is 16.6. The van der Waals surface area contributed by atoms with Gasteiger partial charge in [-0.1, -0.05) is 6.07 Å². The minimum atomic E-state index is -0.226. The van der Waals surface area contributed by atoms with E-state index in [4.69, 9.17) is 4.74 Å². The highest BCUT2D eigenvalue weighted by Crippen LogP contribution is 2.04. The van der Waals surface area contributed by atoms with E-state index in [1.54, 1.807) is 26.4 Å². The molecule has 0 saturated carbocycles. The van der Waals surface area contributed by atoms with Crippen molar-refractivity contribution in [3.05, 3.63) is 24.4 Å². The van der Waals surface area contributed by atoms with Crippen molar-refractivity contribution in [1.82, 2.24) is 4.98 Å². The number of pyridine rings is 1. The van der Waals surface area contributed by atoms with Gasteiger partial charge in [0, 0.05) is 12.3 Å². The average Bonchev–Trinajstić information content (AvgIpc) is 2.02. The zero-order valence-electron chi connectivity index (χ0n) is 7.27. The molecule has 0 aliphatic carbocycles. The molecule has 0 bridgehead atoms. The summed E-state index contributed by atoms with van der Waals surface area (Å²) in [5, 5.41) is 9.26. The van der Waals surface area contributed by atoms with Gasteiger partial charge in [-0.15, -0.1) is 0 Å². The molecule has 4 heteroatoms. The monoisotopic (exact) mass is 169 g/mol. The fourth-order valence-electron chi connectivity index (χ4n) is 0.657. The van der Waals surface area contributed by atoms with Crippen LogP contribution in [0.2, 0.25) is 0 Å². The maximum absolute atomic E-state index is 9.26. The molecule has 0 aliphatic rings. The fraction of sp³-hybridized carbons (Fsp3) is 0.375. The van der Waals surface area contributed by atoms with Crippen molar-refractivity contribution in [3.63, 3.8) is 0 Å². The number of hydrogen-bond acceptors (Lipinski definition) is 3. The molecule has 1 rings (SSSR count). The predicted octanol–water partition coefficient (Wildman–Crippen LogP) is 0.883. The summed E-state index contributed by atoms with van der Waals surface area (Å²) in [6.07, 6.45) is 1.65. The van der Waals surface area contributed by atoms with E-state index in [2.05, 4.69) is 4.98 Å². The quantitative estimate of drug-likeness (QED) is 0.415. The summed E-state index contributed by atoms with van der Waals surface area (Å²) in [6, 6.07) is 5.39. The highest BCUT2D eigenvalue weighted by molar-refractivity contribution is 5.08. The van der Waals surface area contributed by atoms with Crippen LogP contribution in [0.3, 0.4) is 0 Å². The number of ether oxygens (including phenoxy) is 1. The van der Waals surface area contributed by atoms with E-state index in [1.165, 1.54) is 0 Å². The van der Waals surface area contributed by atoms with Crippen LogP contribution in [0.1, 0.15) is 0 Å². The Morgan fingerprint density at radius 3 is 2.75 bits per heavy atom. The predicted molar refractivity (Wildman–Crippen MR) is 43.6 cm³/mol. The van der Waals surface area contributed by atoms with Crippen LogP contribution >= 0.6 is 0 Å². The molecule has 0 atom stereocenters. The molecule has 1 aromatic heterocycles. The third-order valence-electron chi connectivity index (χ3n) is 1.17. The summed E-state index contributed by atoms with van der Waals surface area (Å²) < 4.78 is 4.96. The van der Waals surface area contributed by atoms with Crippen LogP contribution in [0.25, 0.3) is 0 Å². The Bertz CT molecular complexity index is 231. The minimum Gasteiger partial charge on any atom is -0.425 e. The third kappa shape index (κ3) is 3.32. The molecule has 0 saturated heterocycles. The van der Waals surface area contributed by atoms with E-state index in [-0.39, 0.29) is 11.4 Å². The van der Waals surface area contributed by atoms with Gasteiger partial charge in [0.2, 0.25) is 5.88 Å². The molecule has 1 heterocycles. The van der Waals surface area contributed by atoms with E-state index >= 15 is 0 Å². The number of hydrogen-bond donors (Lipinski definition) is 1. The molecule has 66 valence electrons. The Hall–Kier alpha value is -1.13. The number of nitrogens with zero attached hydrogens (tertiary/aromatic N) is 2. The van der Waals surface area contributed by atoms with Gasteiger partial charge in [-0.2, -0.15) is 4.65 Å².